The number of aromatic nitrogens is 2. The molecule has 2 heterocycles. The second-order valence-corrected chi connectivity index (χ2v) is 5.38. The summed E-state index contributed by atoms with van der Waals surface area (Å²) in [6, 6.07) is 0.578. The van der Waals surface area contributed by atoms with Crippen molar-refractivity contribution in [3.8, 4) is 0 Å². The Balaban J connectivity index is 1.87. The summed E-state index contributed by atoms with van der Waals surface area (Å²) in [7, 11) is 1.74. The van der Waals surface area contributed by atoms with Gasteiger partial charge in [0.2, 0.25) is 5.89 Å². The molecule has 0 bridgehead atoms. The van der Waals surface area contributed by atoms with Gasteiger partial charge in [0.1, 0.15) is 0 Å². The third-order valence-corrected chi connectivity index (χ3v) is 3.59. The van der Waals surface area contributed by atoms with E-state index in [1.54, 1.807) is 7.11 Å². The maximum Gasteiger partial charge on any atom is 0.226 e. The van der Waals surface area contributed by atoms with Crippen LogP contribution in [0.1, 0.15) is 37.9 Å². The van der Waals surface area contributed by atoms with Gasteiger partial charge in [0.25, 0.3) is 0 Å². The molecule has 0 spiro atoms. The highest BCUT2D eigenvalue weighted by molar-refractivity contribution is 4.88. The summed E-state index contributed by atoms with van der Waals surface area (Å²) >= 11 is 0. The van der Waals surface area contributed by atoms with Crippen LogP contribution >= 0.6 is 0 Å². The van der Waals surface area contributed by atoms with E-state index in [0.29, 0.717) is 6.04 Å². The van der Waals surface area contributed by atoms with Crippen LogP contribution < -0.4 is 5.32 Å². The number of aryl methyl sites for hydroxylation is 1. The second kappa shape index (κ2) is 8.34. The maximum absolute atomic E-state index is 5.25. The van der Waals surface area contributed by atoms with Crippen molar-refractivity contribution < 1.29 is 9.26 Å². The quantitative estimate of drug-likeness (QED) is 0.735. The summed E-state index contributed by atoms with van der Waals surface area (Å²) in [6.07, 6.45) is 4.40. The Morgan fingerprint density at radius 1 is 1.50 bits per heavy atom. The Labute approximate surface area is 120 Å². The van der Waals surface area contributed by atoms with Crippen molar-refractivity contribution in [2.45, 2.75) is 45.2 Å². The Morgan fingerprint density at radius 2 is 2.40 bits per heavy atom. The van der Waals surface area contributed by atoms with Crippen LogP contribution in [0.15, 0.2) is 4.52 Å². The molecule has 0 aromatic carbocycles. The van der Waals surface area contributed by atoms with Crippen molar-refractivity contribution in [1.29, 1.82) is 0 Å². The normalized spacial score (nSPS) is 19.1. The number of hydrogen-bond donors (Lipinski definition) is 1. The maximum atomic E-state index is 5.25. The van der Waals surface area contributed by atoms with E-state index in [1.807, 2.05) is 0 Å². The van der Waals surface area contributed by atoms with Gasteiger partial charge in [0.15, 0.2) is 5.82 Å². The first-order chi connectivity index (χ1) is 9.81. The Kier molecular flexibility index (Phi) is 6.42. The molecule has 1 aromatic heterocycles. The van der Waals surface area contributed by atoms with E-state index >= 15 is 0 Å². The van der Waals surface area contributed by atoms with Crippen LogP contribution in [0, 0.1) is 0 Å². The Hall–Kier alpha value is -0.980. The van der Waals surface area contributed by atoms with Gasteiger partial charge in [0.05, 0.1) is 13.2 Å². The topological polar surface area (TPSA) is 63.4 Å². The van der Waals surface area contributed by atoms with E-state index in [2.05, 4.69) is 27.3 Å². The van der Waals surface area contributed by atoms with Crippen molar-refractivity contribution in [2.24, 2.45) is 0 Å². The van der Waals surface area contributed by atoms with Crippen molar-refractivity contribution in [1.82, 2.24) is 20.4 Å². The molecular weight excluding hydrogens is 256 g/mol. The number of nitrogens with one attached hydrogen (secondary N) is 1. The van der Waals surface area contributed by atoms with Crippen molar-refractivity contribution in [2.75, 3.05) is 33.4 Å². The molecule has 1 aromatic rings. The van der Waals surface area contributed by atoms with E-state index in [0.717, 1.165) is 57.3 Å². The standard InChI is InChI=1S/C14H26N4O2/c1-3-5-14-16-13(17-20-14)11-18(8-9-19-2)10-12-6-4-7-15-12/h12,15H,3-11H2,1-2H3. The first-order valence-corrected chi connectivity index (χ1v) is 7.58. The van der Waals surface area contributed by atoms with Crippen molar-refractivity contribution >= 4 is 0 Å². The average Bonchev–Trinajstić information content (AvgIpc) is 3.09. The zero-order valence-corrected chi connectivity index (χ0v) is 12.6. The van der Waals surface area contributed by atoms with Gasteiger partial charge in [-0.05, 0) is 25.8 Å². The lowest BCUT2D eigenvalue weighted by molar-refractivity contribution is 0.135. The third-order valence-electron chi connectivity index (χ3n) is 3.59. The molecule has 1 aliphatic rings. The minimum Gasteiger partial charge on any atom is -0.383 e. The number of nitrogens with zero attached hydrogens (tertiary/aromatic N) is 3. The fourth-order valence-electron chi connectivity index (χ4n) is 2.55. The molecule has 114 valence electrons. The van der Waals surface area contributed by atoms with Crippen molar-refractivity contribution in [3.63, 3.8) is 0 Å². The molecule has 1 aliphatic heterocycles. The van der Waals surface area contributed by atoms with Crippen LogP contribution in [0.25, 0.3) is 0 Å². The lowest BCUT2D eigenvalue weighted by Crippen LogP contribution is -2.39. The molecule has 1 N–H and O–H groups in total. The SMILES string of the molecule is CCCc1nc(CN(CCOC)CC2CCCN2)no1. The molecule has 20 heavy (non-hydrogen) atoms. The highest BCUT2D eigenvalue weighted by Gasteiger charge is 2.19. The monoisotopic (exact) mass is 282 g/mol. The summed E-state index contributed by atoms with van der Waals surface area (Å²) in [5.74, 6) is 1.52. The van der Waals surface area contributed by atoms with Gasteiger partial charge in [-0.25, -0.2) is 0 Å². The van der Waals surface area contributed by atoms with Gasteiger partial charge in [-0.2, -0.15) is 4.98 Å². The van der Waals surface area contributed by atoms with Gasteiger partial charge in [-0.15, -0.1) is 0 Å². The highest BCUT2D eigenvalue weighted by atomic mass is 16.5. The minimum atomic E-state index is 0.578. The molecule has 1 saturated heterocycles. The molecule has 0 aliphatic carbocycles. The highest BCUT2D eigenvalue weighted by Crippen LogP contribution is 2.10. The van der Waals surface area contributed by atoms with E-state index in [-0.39, 0.29) is 0 Å². The second-order valence-electron chi connectivity index (χ2n) is 5.38. The lowest BCUT2D eigenvalue weighted by Gasteiger charge is -2.23. The number of hydrogen-bond acceptors (Lipinski definition) is 6. The van der Waals surface area contributed by atoms with Gasteiger partial charge < -0.3 is 14.6 Å². The van der Waals surface area contributed by atoms with Crippen LogP contribution in [0.3, 0.4) is 0 Å². The third kappa shape index (κ3) is 4.85. The van der Waals surface area contributed by atoms with Crippen LogP contribution in [-0.4, -0.2) is 54.4 Å². The minimum absolute atomic E-state index is 0.578. The summed E-state index contributed by atoms with van der Waals surface area (Å²) in [5, 5.41) is 7.60. The molecule has 6 heteroatoms. The Morgan fingerprint density at radius 3 is 3.10 bits per heavy atom. The largest absolute Gasteiger partial charge is 0.383 e. The fourth-order valence-corrected chi connectivity index (χ4v) is 2.55. The molecule has 1 unspecified atom stereocenters. The number of methoxy groups -OCH3 is 1. The summed E-state index contributed by atoms with van der Waals surface area (Å²) in [5.41, 5.74) is 0. The zero-order valence-electron chi connectivity index (χ0n) is 12.6. The molecular formula is C14H26N4O2. The molecule has 2 rings (SSSR count). The van der Waals surface area contributed by atoms with Crippen LogP contribution in [-0.2, 0) is 17.7 Å². The molecule has 0 radical (unpaired) electrons. The summed E-state index contributed by atoms with van der Waals surface area (Å²) in [4.78, 5) is 6.78. The van der Waals surface area contributed by atoms with E-state index in [1.165, 1.54) is 12.8 Å². The fraction of sp³-hybridized carbons (Fsp3) is 0.857. The Bertz CT molecular complexity index is 377. The van der Waals surface area contributed by atoms with Gasteiger partial charge in [-0.3, -0.25) is 4.90 Å². The molecule has 0 saturated carbocycles. The number of ether oxygens (including phenoxy) is 1. The first-order valence-electron chi connectivity index (χ1n) is 7.58. The number of rotatable bonds is 9. The molecule has 0 amide bonds. The van der Waals surface area contributed by atoms with Gasteiger partial charge >= 0.3 is 0 Å². The van der Waals surface area contributed by atoms with Gasteiger partial charge in [0, 0.05) is 32.7 Å². The summed E-state index contributed by atoms with van der Waals surface area (Å²) in [6.45, 7) is 6.61. The molecule has 1 fully saturated rings. The molecule has 6 nitrogen and oxygen atoms in total. The van der Waals surface area contributed by atoms with Crippen LogP contribution in [0.2, 0.25) is 0 Å². The smallest absolute Gasteiger partial charge is 0.226 e. The zero-order chi connectivity index (χ0) is 14.2. The van der Waals surface area contributed by atoms with Crippen LogP contribution in [0.5, 0.6) is 0 Å². The molecule has 1 atom stereocenters. The van der Waals surface area contributed by atoms with E-state index in [9.17, 15) is 0 Å². The predicted molar refractivity (Wildman–Crippen MR) is 76.5 cm³/mol. The van der Waals surface area contributed by atoms with E-state index in [4.69, 9.17) is 9.26 Å². The average molecular weight is 282 g/mol. The van der Waals surface area contributed by atoms with Gasteiger partial charge in [-0.1, -0.05) is 12.1 Å². The van der Waals surface area contributed by atoms with Crippen LogP contribution in [0.4, 0.5) is 0 Å². The van der Waals surface area contributed by atoms with E-state index < -0.39 is 0 Å². The summed E-state index contributed by atoms with van der Waals surface area (Å²) < 4.78 is 10.4. The predicted octanol–water partition coefficient (Wildman–Crippen LogP) is 1.22. The lowest BCUT2D eigenvalue weighted by atomic mass is 10.2. The first kappa shape index (κ1) is 15.4. The van der Waals surface area contributed by atoms with Crippen molar-refractivity contribution in [3.05, 3.63) is 11.7 Å².